The number of carboxylic acid groups (broad SMARTS) is 2. The molecule has 4 N–H and O–H groups in total. The quantitative estimate of drug-likeness (QED) is 0.0495. The lowest BCUT2D eigenvalue weighted by Crippen LogP contribution is -2.16. The van der Waals surface area contributed by atoms with E-state index in [9.17, 15) is 24.6 Å². The molecule has 0 spiro atoms. The zero-order chi connectivity index (χ0) is 35.3. The van der Waals surface area contributed by atoms with Crippen molar-refractivity contribution in [2.75, 3.05) is 24.0 Å². The van der Waals surface area contributed by atoms with Crippen molar-refractivity contribution in [3.05, 3.63) is 149 Å². The first kappa shape index (κ1) is 34.6. The van der Waals surface area contributed by atoms with Crippen molar-refractivity contribution in [1.82, 2.24) is 0 Å². The summed E-state index contributed by atoms with van der Waals surface area (Å²) in [4.78, 5) is 42.0. The largest absolute Gasteiger partial charge is 0.490 e. The number of carbonyl (C=O) groups excluding carboxylic acids is 1. The van der Waals surface area contributed by atoms with Gasteiger partial charge in [-0.15, -0.1) is 0 Å². The molecule has 5 aromatic rings. The number of anilines is 2. The molecule has 0 aliphatic heterocycles. The van der Waals surface area contributed by atoms with E-state index in [1.807, 2.05) is 72.8 Å². The third-order valence-electron chi connectivity index (χ3n) is 7.29. The average Bonchev–Trinajstić information content (AvgIpc) is 3.12. The third-order valence-corrected chi connectivity index (χ3v) is 7.29. The number of carboxylic acids is 2. The molecular formula is C39H32N2O9. The molecule has 11 nitrogen and oxygen atoms in total. The fourth-order valence-corrected chi connectivity index (χ4v) is 4.84. The number of nitrogens with one attached hydrogen (secondary N) is 2. The first-order valence-electron chi connectivity index (χ1n) is 15.3. The highest BCUT2D eigenvalue weighted by molar-refractivity contribution is 6.10. The summed E-state index contributed by atoms with van der Waals surface area (Å²) in [5.74, 6) is -1.73. The van der Waals surface area contributed by atoms with E-state index in [0.717, 1.165) is 22.4 Å². The van der Waals surface area contributed by atoms with Gasteiger partial charge in [-0.25, -0.2) is 9.59 Å². The summed E-state index contributed by atoms with van der Waals surface area (Å²) in [7, 11) is 0. The molecule has 0 atom stereocenters. The lowest BCUT2D eigenvalue weighted by molar-refractivity contribution is 0.0684. The summed E-state index contributed by atoms with van der Waals surface area (Å²) in [5.41, 5.74) is 6.15. The predicted octanol–water partition coefficient (Wildman–Crippen LogP) is 6.90. The van der Waals surface area contributed by atoms with E-state index in [1.165, 1.54) is 24.3 Å². The van der Waals surface area contributed by atoms with E-state index in [2.05, 4.69) is 10.8 Å². The summed E-state index contributed by atoms with van der Waals surface area (Å²) in [6, 6.07) is 32.9. The normalized spacial score (nSPS) is 10.4. The highest BCUT2D eigenvalue weighted by Crippen LogP contribution is 2.24. The Balaban J connectivity index is 1.09. The van der Waals surface area contributed by atoms with Gasteiger partial charge in [-0.1, -0.05) is 61.0 Å². The summed E-state index contributed by atoms with van der Waals surface area (Å²) in [6.45, 7) is 0.738. The Labute approximate surface area is 288 Å². The fourth-order valence-electron chi connectivity index (χ4n) is 4.84. The number of para-hydroxylation sites is 1. The van der Waals surface area contributed by atoms with E-state index in [-0.39, 0.29) is 41.3 Å². The maximum atomic E-state index is 12.8. The first-order chi connectivity index (χ1) is 24.3. The molecule has 0 bridgehead atoms. The van der Waals surface area contributed by atoms with Crippen LogP contribution in [0.1, 0.15) is 47.8 Å². The van der Waals surface area contributed by atoms with E-state index < -0.39 is 17.8 Å². The van der Waals surface area contributed by atoms with Gasteiger partial charge in [-0.05, 0) is 83.8 Å². The standard InChI is InChI=1S/C39H32N2O9/c1-2-47-31-16-18-33(34(23-31)38(43)44)37(42)40-29-14-12-27(13-15-29)22-26-8-10-28(11-9-26)25-50-41-36-19-17-32(24-35(36)39(45)46)49-21-20-48-30-6-4-3-5-7-30/h1,3-19,23-24,41H,20-22,25H2,(H,40,42)(H,43,44)(H,45,46). The van der Waals surface area contributed by atoms with Gasteiger partial charge in [0.05, 0.1) is 29.0 Å². The first-order valence-corrected chi connectivity index (χ1v) is 15.3. The van der Waals surface area contributed by atoms with Gasteiger partial charge in [0.2, 0.25) is 0 Å². The maximum Gasteiger partial charge on any atom is 0.338 e. The Kier molecular flexibility index (Phi) is 11.7. The van der Waals surface area contributed by atoms with Crippen LogP contribution in [0.5, 0.6) is 17.2 Å². The van der Waals surface area contributed by atoms with Gasteiger partial charge in [0.15, 0.2) is 0 Å². The van der Waals surface area contributed by atoms with Gasteiger partial charge < -0.3 is 29.7 Å². The van der Waals surface area contributed by atoms with Crippen molar-refractivity contribution < 1.29 is 43.6 Å². The van der Waals surface area contributed by atoms with Crippen LogP contribution in [0.4, 0.5) is 11.4 Å². The Bertz CT molecular complexity index is 1990. The average molecular weight is 673 g/mol. The van der Waals surface area contributed by atoms with Crippen molar-refractivity contribution >= 4 is 29.2 Å². The topological polar surface area (TPSA) is 153 Å². The zero-order valence-corrected chi connectivity index (χ0v) is 26.6. The van der Waals surface area contributed by atoms with Crippen LogP contribution in [0.25, 0.3) is 0 Å². The Hall–Kier alpha value is -6.77. The molecule has 5 aromatic carbocycles. The second-order valence-corrected chi connectivity index (χ2v) is 10.8. The molecule has 0 aliphatic rings. The number of carbonyl (C=O) groups is 3. The molecule has 11 heteroatoms. The molecule has 0 radical (unpaired) electrons. The van der Waals surface area contributed by atoms with Gasteiger partial charge in [0.25, 0.3) is 5.91 Å². The molecular weight excluding hydrogens is 640 g/mol. The number of amides is 1. The fraction of sp³-hybridized carbons (Fsp3) is 0.103. The predicted molar refractivity (Wildman–Crippen MR) is 186 cm³/mol. The van der Waals surface area contributed by atoms with E-state index in [1.54, 1.807) is 24.3 Å². The summed E-state index contributed by atoms with van der Waals surface area (Å²) >= 11 is 0. The molecule has 252 valence electrons. The number of ether oxygens (including phenoxy) is 3. The van der Waals surface area contributed by atoms with Crippen molar-refractivity contribution in [3.63, 3.8) is 0 Å². The lowest BCUT2D eigenvalue weighted by atomic mass is 10.0. The highest BCUT2D eigenvalue weighted by atomic mass is 16.6. The maximum absolute atomic E-state index is 12.8. The van der Waals surface area contributed by atoms with Gasteiger partial charge in [-0.3, -0.25) is 15.1 Å². The molecule has 50 heavy (non-hydrogen) atoms. The van der Waals surface area contributed by atoms with Crippen molar-refractivity contribution in [2.24, 2.45) is 0 Å². The SMILES string of the molecule is C#COc1ccc(C(=O)Nc2ccc(Cc3ccc(CONc4ccc(OCCOc5ccccc5)cc4C(=O)O)cc3)cc2)c(C(=O)O)c1. The molecule has 5 rings (SSSR count). The number of aromatic carboxylic acids is 2. The van der Waals surface area contributed by atoms with Crippen LogP contribution >= 0.6 is 0 Å². The van der Waals surface area contributed by atoms with E-state index in [0.29, 0.717) is 24.5 Å². The van der Waals surface area contributed by atoms with Crippen LogP contribution in [-0.4, -0.2) is 41.3 Å². The second-order valence-electron chi connectivity index (χ2n) is 10.8. The van der Waals surface area contributed by atoms with Crippen molar-refractivity contribution in [1.29, 1.82) is 0 Å². The summed E-state index contributed by atoms with van der Waals surface area (Å²) < 4.78 is 16.1. The van der Waals surface area contributed by atoms with Crippen LogP contribution in [0.3, 0.4) is 0 Å². The molecule has 0 saturated heterocycles. The number of rotatable bonds is 16. The van der Waals surface area contributed by atoms with Crippen LogP contribution in [0.2, 0.25) is 0 Å². The zero-order valence-electron chi connectivity index (χ0n) is 26.6. The molecule has 0 unspecified atom stereocenters. The van der Waals surface area contributed by atoms with Crippen molar-refractivity contribution in [3.8, 4) is 29.8 Å². The lowest BCUT2D eigenvalue weighted by Gasteiger charge is -2.13. The Morgan fingerprint density at radius 2 is 1.24 bits per heavy atom. The van der Waals surface area contributed by atoms with Gasteiger partial charge in [0.1, 0.15) is 36.6 Å². The molecule has 0 aromatic heterocycles. The minimum Gasteiger partial charge on any atom is -0.490 e. The molecule has 0 fully saturated rings. The van der Waals surface area contributed by atoms with Gasteiger partial charge in [-0.2, -0.15) is 0 Å². The number of benzene rings is 5. The van der Waals surface area contributed by atoms with Gasteiger partial charge >= 0.3 is 11.9 Å². The number of terminal acetylenes is 1. The van der Waals surface area contributed by atoms with Gasteiger partial charge in [0, 0.05) is 5.69 Å². The second kappa shape index (κ2) is 16.9. The summed E-state index contributed by atoms with van der Waals surface area (Å²) in [6.07, 6.45) is 7.70. The van der Waals surface area contributed by atoms with E-state index >= 15 is 0 Å². The molecule has 0 aliphatic carbocycles. The smallest absolute Gasteiger partial charge is 0.338 e. The van der Waals surface area contributed by atoms with Crippen LogP contribution in [-0.2, 0) is 17.9 Å². The third kappa shape index (κ3) is 9.63. The molecule has 0 heterocycles. The highest BCUT2D eigenvalue weighted by Gasteiger charge is 2.18. The van der Waals surface area contributed by atoms with Crippen molar-refractivity contribution in [2.45, 2.75) is 13.0 Å². The van der Waals surface area contributed by atoms with Crippen LogP contribution < -0.4 is 25.0 Å². The Morgan fingerprint density at radius 1 is 0.640 bits per heavy atom. The molecule has 0 saturated carbocycles. The monoisotopic (exact) mass is 672 g/mol. The van der Waals surface area contributed by atoms with E-state index in [4.69, 9.17) is 25.5 Å². The minimum absolute atomic E-state index is 0.00211. The minimum atomic E-state index is -1.28. The Morgan fingerprint density at radius 3 is 1.90 bits per heavy atom. The van der Waals surface area contributed by atoms with Crippen LogP contribution in [0.15, 0.2) is 115 Å². The number of hydrogen-bond acceptors (Lipinski definition) is 8. The molecule has 1 amide bonds. The number of hydrogen-bond donors (Lipinski definition) is 4. The van der Waals surface area contributed by atoms with Crippen LogP contribution in [0, 0.1) is 12.5 Å². The summed E-state index contributed by atoms with van der Waals surface area (Å²) in [5, 5.41) is 21.9.